The van der Waals surface area contributed by atoms with Gasteiger partial charge in [0.15, 0.2) is 5.82 Å². The minimum atomic E-state index is -1.01. The third-order valence-electron chi connectivity index (χ3n) is 3.00. The van der Waals surface area contributed by atoms with Gasteiger partial charge >= 0.3 is 5.97 Å². The Labute approximate surface area is 105 Å². The molecule has 0 aromatic carbocycles. The molecular weight excluding hydrogens is 234 g/mol. The standard InChI is InChI=1S/C12H17N3O3/c16-12(17)10-5-6-14-15-11(10)13-7-8-18-9-3-1-2-4-9/h5-6,9H,1-4,7-8H2,(H,13,15)(H,16,17). The molecule has 0 saturated heterocycles. The zero-order valence-corrected chi connectivity index (χ0v) is 10.1. The molecule has 0 aliphatic heterocycles. The van der Waals surface area contributed by atoms with Crippen molar-refractivity contribution >= 4 is 11.8 Å². The van der Waals surface area contributed by atoms with Crippen molar-refractivity contribution < 1.29 is 14.6 Å². The molecule has 1 aromatic rings. The summed E-state index contributed by atoms with van der Waals surface area (Å²) in [5, 5.41) is 19.3. The van der Waals surface area contributed by atoms with E-state index in [2.05, 4.69) is 15.5 Å². The summed E-state index contributed by atoms with van der Waals surface area (Å²) < 4.78 is 5.67. The van der Waals surface area contributed by atoms with E-state index < -0.39 is 5.97 Å². The molecule has 0 spiro atoms. The third-order valence-corrected chi connectivity index (χ3v) is 3.00. The van der Waals surface area contributed by atoms with Crippen molar-refractivity contribution in [3.05, 3.63) is 17.8 Å². The van der Waals surface area contributed by atoms with Crippen LogP contribution >= 0.6 is 0 Å². The van der Waals surface area contributed by atoms with Gasteiger partial charge in [0.25, 0.3) is 0 Å². The van der Waals surface area contributed by atoms with Crippen molar-refractivity contribution in [1.29, 1.82) is 0 Å². The number of rotatable bonds is 6. The molecule has 2 N–H and O–H groups in total. The van der Waals surface area contributed by atoms with E-state index in [-0.39, 0.29) is 5.56 Å². The van der Waals surface area contributed by atoms with E-state index in [0.29, 0.717) is 25.1 Å². The van der Waals surface area contributed by atoms with Crippen LogP contribution in [0.15, 0.2) is 12.3 Å². The van der Waals surface area contributed by atoms with Crippen LogP contribution in [0.1, 0.15) is 36.0 Å². The molecule has 0 bridgehead atoms. The van der Waals surface area contributed by atoms with E-state index in [1.165, 1.54) is 25.1 Å². The summed E-state index contributed by atoms with van der Waals surface area (Å²) in [6, 6.07) is 1.43. The molecule has 6 nitrogen and oxygen atoms in total. The average molecular weight is 251 g/mol. The van der Waals surface area contributed by atoms with Crippen LogP contribution in [0.25, 0.3) is 0 Å². The first kappa shape index (κ1) is 12.8. The fraction of sp³-hybridized carbons (Fsp3) is 0.583. The lowest BCUT2D eigenvalue weighted by atomic mass is 10.3. The Bertz CT molecular complexity index is 405. The highest BCUT2D eigenvalue weighted by Crippen LogP contribution is 2.20. The van der Waals surface area contributed by atoms with E-state index in [1.807, 2.05) is 0 Å². The molecule has 0 radical (unpaired) electrons. The van der Waals surface area contributed by atoms with Crippen LogP contribution in [0.3, 0.4) is 0 Å². The first-order chi connectivity index (χ1) is 8.77. The summed E-state index contributed by atoms with van der Waals surface area (Å²) in [5.74, 6) is -0.718. The number of carboxylic acids is 1. The van der Waals surface area contributed by atoms with Crippen LogP contribution in [-0.2, 0) is 4.74 Å². The lowest BCUT2D eigenvalue weighted by Crippen LogP contribution is -2.17. The van der Waals surface area contributed by atoms with Gasteiger partial charge in [-0.2, -0.15) is 5.10 Å². The van der Waals surface area contributed by atoms with E-state index in [1.54, 1.807) is 0 Å². The Morgan fingerprint density at radius 1 is 1.50 bits per heavy atom. The maximum Gasteiger partial charge on any atom is 0.339 e. The average Bonchev–Trinajstić information content (AvgIpc) is 2.88. The Kier molecular flexibility index (Phi) is 4.46. The first-order valence-corrected chi connectivity index (χ1v) is 6.18. The normalized spacial score (nSPS) is 15.8. The number of carbonyl (C=O) groups is 1. The van der Waals surface area contributed by atoms with Crippen molar-refractivity contribution in [2.75, 3.05) is 18.5 Å². The zero-order valence-electron chi connectivity index (χ0n) is 10.1. The molecule has 0 unspecified atom stereocenters. The Balaban J connectivity index is 1.77. The van der Waals surface area contributed by atoms with Gasteiger partial charge in [-0.05, 0) is 18.9 Å². The molecule has 18 heavy (non-hydrogen) atoms. The van der Waals surface area contributed by atoms with Crippen molar-refractivity contribution in [2.24, 2.45) is 0 Å². The van der Waals surface area contributed by atoms with E-state index in [9.17, 15) is 4.79 Å². The summed E-state index contributed by atoms with van der Waals surface area (Å²) in [7, 11) is 0. The van der Waals surface area contributed by atoms with E-state index in [4.69, 9.17) is 9.84 Å². The number of ether oxygens (including phenoxy) is 1. The molecule has 1 fully saturated rings. The highest BCUT2D eigenvalue weighted by molar-refractivity contribution is 5.92. The molecule has 2 rings (SSSR count). The Morgan fingerprint density at radius 2 is 2.28 bits per heavy atom. The van der Waals surface area contributed by atoms with Crippen LogP contribution < -0.4 is 5.32 Å². The molecule has 0 atom stereocenters. The van der Waals surface area contributed by atoms with Gasteiger partial charge in [0.1, 0.15) is 5.56 Å². The summed E-state index contributed by atoms with van der Waals surface area (Å²) in [4.78, 5) is 10.9. The van der Waals surface area contributed by atoms with Crippen molar-refractivity contribution in [3.63, 3.8) is 0 Å². The van der Waals surface area contributed by atoms with Crippen LogP contribution in [-0.4, -0.2) is 40.5 Å². The highest BCUT2D eigenvalue weighted by atomic mass is 16.5. The van der Waals surface area contributed by atoms with Gasteiger partial charge in [-0.1, -0.05) is 12.8 Å². The number of carboxylic acid groups (broad SMARTS) is 1. The van der Waals surface area contributed by atoms with Crippen LogP contribution in [0.5, 0.6) is 0 Å². The topological polar surface area (TPSA) is 84.3 Å². The fourth-order valence-corrected chi connectivity index (χ4v) is 2.08. The van der Waals surface area contributed by atoms with Crippen molar-refractivity contribution in [3.8, 4) is 0 Å². The quantitative estimate of drug-likeness (QED) is 0.746. The smallest absolute Gasteiger partial charge is 0.339 e. The maximum atomic E-state index is 10.9. The number of anilines is 1. The zero-order chi connectivity index (χ0) is 12.8. The molecular formula is C12H17N3O3. The lowest BCUT2D eigenvalue weighted by Gasteiger charge is -2.12. The number of nitrogens with one attached hydrogen (secondary N) is 1. The molecule has 98 valence electrons. The van der Waals surface area contributed by atoms with Crippen LogP contribution in [0.4, 0.5) is 5.82 Å². The first-order valence-electron chi connectivity index (χ1n) is 6.18. The summed E-state index contributed by atoms with van der Waals surface area (Å²) >= 11 is 0. The second-order valence-corrected chi connectivity index (χ2v) is 4.30. The predicted molar refractivity (Wildman–Crippen MR) is 65.7 cm³/mol. The SMILES string of the molecule is O=C(O)c1ccnnc1NCCOC1CCCC1. The molecule has 1 heterocycles. The second kappa shape index (κ2) is 6.30. The summed E-state index contributed by atoms with van der Waals surface area (Å²) in [5.41, 5.74) is 0.130. The van der Waals surface area contributed by atoms with E-state index in [0.717, 1.165) is 12.8 Å². The molecule has 1 aliphatic rings. The number of aromatic nitrogens is 2. The number of hydrogen-bond donors (Lipinski definition) is 2. The van der Waals surface area contributed by atoms with Gasteiger partial charge in [0.05, 0.1) is 18.9 Å². The molecule has 1 saturated carbocycles. The summed E-state index contributed by atoms with van der Waals surface area (Å²) in [6.45, 7) is 1.09. The monoisotopic (exact) mass is 251 g/mol. The summed E-state index contributed by atoms with van der Waals surface area (Å²) in [6.07, 6.45) is 6.48. The van der Waals surface area contributed by atoms with Crippen LogP contribution in [0, 0.1) is 0 Å². The predicted octanol–water partition coefficient (Wildman–Crippen LogP) is 1.55. The molecule has 1 aromatic heterocycles. The lowest BCUT2D eigenvalue weighted by molar-refractivity contribution is 0.0655. The number of aromatic carboxylic acids is 1. The Morgan fingerprint density at radius 3 is 3.00 bits per heavy atom. The largest absolute Gasteiger partial charge is 0.478 e. The van der Waals surface area contributed by atoms with Gasteiger partial charge in [0.2, 0.25) is 0 Å². The van der Waals surface area contributed by atoms with Crippen molar-refractivity contribution in [1.82, 2.24) is 10.2 Å². The maximum absolute atomic E-state index is 10.9. The Hall–Kier alpha value is -1.69. The van der Waals surface area contributed by atoms with Gasteiger partial charge in [-0.15, -0.1) is 5.10 Å². The van der Waals surface area contributed by atoms with Gasteiger partial charge < -0.3 is 15.2 Å². The van der Waals surface area contributed by atoms with Gasteiger partial charge in [-0.3, -0.25) is 0 Å². The number of nitrogens with zero attached hydrogens (tertiary/aromatic N) is 2. The van der Waals surface area contributed by atoms with Crippen molar-refractivity contribution in [2.45, 2.75) is 31.8 Å². The number of hydrogen-bond acceptors (Lipinski definition) is 5. The van der Waals surface area contributed by atoms with Gasteiger partial charge in [0, 0.05) is 6.54 Å². The second-order valence-electron chi connectivity index (χ2n) is 4.30. The third kappa shape index (κ3) is 3.40. The highest BCUT2D eigenvalue weighted by Gasteiger charge is 2.15. The molecule has 1 aliphatic carbocycles. The van der Waals surface area contributed by atoms with Gasteiger partial charge in [-0.25, -0.2) is 4.79 Å². The van der Waals surface area contributed by atoms with E-state index >= 15 is 0 Å². The fourth-order valence-electron chi connectivity index (χ4n) is 2.08. The minimum Gasteiger partial charge on any atom is -0.478 e. The molecule has 6 heteroatoms. The minimum absolute atomic E-state index is 0.130. The molecule has 0 amide bonds. The van der Waals surface area contributed by atoms with Crippen LogP contribution in [0.2, 0.25) is 0 Å².